The first-order valence-electron chi connectivity index (χ1n) is 11.6. The normalized spacial score (nSPS) is 20.3. The van der Waals surface area contributed by atoms with Gasteiger partial charge in [-0.25, -0.2) is 0 Å². The molecule has 35 heavy (non-hydrogen) atoms. The number of nitrogens with one attached hydrogen (secondary N) is 1. The number of carbonyl (C=O) groups excluding carboxylic acids is 2. The maximum atomic E-state index is 13.4. The van der Waals surface area contributed by atoms with E-state index in [1.807, 2.05) is 6.92 Å². The Labute approximate surface area is 210 Å². The van der Waals surface area contributed by atoms with Gasteiger partial charge in [-0.3, -0.25) is 14.5 Å². The SMILES string of the molecule is COc1ccc(NC(=O)C[C@@H]2SC(=NS(=O)(=O)c3ccc(C)cc3)N(C3CCCCC3)C2=O)cc1. The molecule has 1 saturated heterocycles. The largest absolute Gasteiger partial charge is 0.497 e. The molecule has 0 bridgehead atoms. The smallest absolute Gasteiger partial charge is 0.284 e. The lowest BCUT2D eigenvalue weighted by Crippen LogP contribution is -2.42. The van der Waals surface area contributed by atoms with Crippen molar-refractivity contribution in [3.63, 3.8) is 0 Å². The first-order valence-corrected chi connectivity index (χ1v) is 13.9. The molecular weight excluding hydrogens is 486 g/mol. The van der Waals surface area contributed by atoms with Crippen LogP contribution < -0.4 is 10.1 Å². The van der Waals surface area contributed by atoms with Crippen molar-refractivity contribution in [1.29, 1.82) is 0 Å². The quantitative estimate of drug-likeness (QED) is 0.588. The minimum atomic E-state index is -4.00. The standard InChI is InChI=1S/C25H29N3O5S2/c1-17-8-14-21(15-9-17)35(31,32)27-25-28(19-6-4-3-5-7-19)24(30)22(34-25)16-23(29)26-18-10-12-20(33-2)13-11-18/h8-15,19,22H,3-7,16H2,1-2H3,(H,26,29)/t22-/m0/s1. The van der Waals surface area contributed by atoms with Gasteiger partial charge in [-0.15, -0.1) is 4.40 Å². The molecule has 186 valence electrons. The highest BCUT2D eigenvalue weighted by Crippen LogP contribution is 2.36. The summed E-state index contributed by atoms with van der Waals surface area (Å²) in [5, 5.41) is 2.22. The van der Waals surface area contributed by atoms with Crippen LogP contribution in [0, 0.1) is 6.92 Å². The van der Waals surface area contributed by atoms with Crippen LogP contribution in [0.3, 0.4) is 0 Å². The third-order valence-corrected chi connectivity index (χ3v) is 8.72. The van der Waals surface area contributed by atoms with Gasteiger partial charge in [0.25, 0.3) is 10.0 Å². The Hall–Kier alpha value is -2.85. The zero-order valence-corrected chi connectivity index (χ0v) is 21.4. The molecule has 0 spiro atoms. The third-order valence-electron chi connectivity index (χ3n) is 6.17. The van der Waals surface area contributed by atoms with Gasteiger partial charge in [0, 0.05) is 18.2 Å². The molecule has 4 rings (SSSR count). The number of methoxy groups -OCH3 is 1. The molecule has 8 nitrogen and oxygen atoms in total. The molecule has 1 aliphatic carbocycles. The number of nitrogens with zero attached hydrogens (tertiary/aromatic N) is 2. The number of aryl methyl sites for hydroxylation is 1. The predicted molar refractivity (Wildman–Crippen MR) is 137 cm³/mol. The molecule has 2 aromatic carbocycles. The monoisotopic (exact) mass is 515 g/mol. The van der Waals surface area contributed by atoms with Crippen molar-refractivity contribution in [1.82, 2.24) is 4.90 Å². The fraction of sp³-hybridized carbons (Fsp3) is 0.400. The molecule has 0 aromatic heterocycles. The highest BCUT2D eigenvalue weighted by atomic mass is 32.2. The summed E-state index contributed by atoms with van der Waals surface area (Å²) < 4.78 is 35.3. The first-order chi connectivity index (χ1) is 16.8. The van der Waals surface area contributed by atoms with Gasteiger partial charge in [0.15, 0.2) is 5.17 Å². The fourth-order valence-electron chi connectivity index (χ4n) is 4.27. The molecule has 2 aliphatic rings. The molecule has 0 unspecified atom stereocenters. The summed E-state index contributed by atoms with van der Waals surface area (Å²) in [7, 11) is -2.44. The van der Waals surface area contributed by atoms with E-state index in [9.17, 15) is 18.0 Å². The van der Waals surface area contributed by atoms with E-state index < -0.39 is 15.3 Å². The Morgan fingerprint density at radius 1 is 1.09 bits per heavy atom. The van der Waals surface area contributed by atoms with Gasteiger partial charge in [0.05, 0.1) is 12.0 Å². The molecule has 10 heteroatoms. The van der Waals surface area contributed by atoms with Crippen LogP contribution in [-0.2, 0) is 19.6 Å². The average Bonchev–Trinajstić information content (AvgIpc) is 3.13. The van der Waals surface area contributed by atoms with Crippen LogP contribution in [-0.4, -0.2) is 48.7 Å². The minimum absolute atomic E-state index is 0.0768. The van der Waals surface area contributed by atoms with Crippen LogP contribution in [0.1, 0.15) is 44.1 Å². The van der Waals surface area contributed by atoms with E-state index in [2.05, 4.69) is 9.71 Å². The second-order valence-corrected chi connectivity index (χ2v) is 11.5. The second-order valence-electron chi connectivity index (χ2n) is 8.75. The summed E-state index contributed by atoms with van der Waals surface area (Å²) in [4.78, 5) is 27.7. The molecule has 0 radical (unpaired) electrons. The molecule has 2 fully saturated rings. The molecule has 1 aliphatic heterocycles. The van der Waals surface area contributed by atoms with E-state index in [-0.39, 0.29) is 34.3 Å². The van der Waals surface area contributed by atoms with Crippen molar-refractivity contribution in [2.24, 2.45) is 4.40 Å². The first kappa shape index (κ1) is 25.2. The minimum Gasteiger partial charge on any atom is -0.497 e. The lowest BCUT2D eigenvalue weighted by molar-refractivity contribution is -0.130. The van der Waals surface area contributed by atoms with Crippen LogP contribution in [0.5, 0.6) is 5.75 Å². The Bertz CT molecular complexity index is 1200. The zero-order chi connectivity index (χ0) is 25.0. The number of amides is 2. The van der Waals surface area contributed by atoms with E-state index in [1.54, 1.807) is 43.5 Å². The van der Waals surface area contributed by atoms with Crippen molar-refractivity contribution in [3.05, 3.63) is 54.1 Å². The number of thioether (sulfide) groups is 1. The zero-order valence-electron chi connectivity index (χ0n) is 19.8. The molecule has 1 saturated carbocycles. The molecule has 1 heterocycles. The van der Waals surface area contributed by atoms with Crippen LogP contribution in [0.15, 0.2) is 57.8 Å². The van der Waals surface area contributed by atoms with Crippen molar-refractivity contribution in [2.75, 3.05) is 12.4 Å². The number of sulfonamides is 1. The van der Waals surface area contributed by atoms with Crippen LogP contribution >= 0.6 is 11.8 Å². The van der Waals surface area contributed by atoms with Crippen molar-refractivity contribution in [3.8, 4) is 5.75 Å². The Balaban J connectivity index is 1.55. The van der Waals surface area contributed by atoms with Gasteiger partial charge in [-0.1, -0.05) is 48.7 Å². The molecule has 2 aromatic rings. The van der Waals surface area contributed by atoms with E-state index in [1.165, 1.54) is 17.0 Å². The fourth-order valence-corrected chi connectivity index (χ4v) is 6.68. The number of anilines is 1. The van der Waals surface area contributed by atoms with Gasteiger partial charge < -0.3 is 10.1 Å². The van der Waals surface area contributed by atoms with Gasteiger partial charge in [-0.2, -0.15) is 8.42 Å². The van der Waals surface area contributed by atoms with Crippen molar-refractivity contribution >= 4 is 44.5 Å². The number of hydrogen-bond donors (Lipinski definition) is 1. The van der Waals surface area contributed by atoms with E-state index >= 15 is 0 Å². The van der Waals surface area contributed by atoms with E-state index in [0.29, 0.717) is 11.4 Å². The molecule has 2 amide bonds. The number of hydrogen-bond acceptors (Lipinski definition) is 6. The lowest BCUT2D eigenvalue weighted by atomic mass is 9.94. The van der Waals surface area contributed by atoms with Crippen LogP contribution in [0.25, 0.3) is 0 Å². The van der Waals surface area contributed by atoms with E-state index in [4.69, 9.17) is 4.74 Å². The lowest BCUT2D eigenvalue weighted by Gasteiger charge is -2.30. The summed E-state index contributed by atoms with van der Waals surface area (Å²) in [6, 6.07) is 13.3. The van der Waals surface area contributed by atoms with E-state index in [0.717, 1.165) is 49.4 Å². The van der Waals surface area contributed by atoms with Gasteiger partial charge >= 0.3 is 0 Å². The van der Waals surface area contributed by atoms with Crippen LogP contribution in [0.4, 0.5) is 5.69 Å². The molecule has 1 N–H and O–H groups in total. The van der Waals surface area contributed by atoms with Gasteiger partial charge in [0.2, 0.25) is 11.8 Å². The number of benzene rings is 2. The average molecular weight is 516 g/mol. The molecular formula is C25H29N3O5S2. The third kappa shape index (κ3) is 6.05. The summed E-state index contributed by atoms with van der Waals surface area (Å²) in [6.45, 7) is 1.88. The summed E-state index contributed by atoms with van der Waals surface area (Å²) in [6.07, 6.45) is 4.54. The maximum Gasteiger partial charge on any atom is 0.284 e. The molecule has 1 atom stereocenters. The summed E-state index contributed by atoms with van der Waals surface area (Å²) >= 11 is 1.06. The Kier molecular flexibility index (Phi) is 7.81. The topological polar surface area (TPSA) is 105 Å². The summed E-state index contributed by atoms with van der Waals surface area (Å²) in [5.41, 5.74) is 1.53. The number of ether oxygens (including phenoxy) is 1. The van der Waals surface area contributed by atoms with Crippen molar-refractivity contribution < 1.29 is 22.7 Å². The van der Waals surface area contributed by atoms with Gasteiger partial charge in [-0.05, 0) is 56.2 Å². The van der Waals surface area contributed by atoms with Crippen LogP contribution in [0.2, 0.25) is 0 Å². The summed E-state index contributed by atoms with van der Waals surface area (Å²) in [5.74, 6) is 0.0835. The predicted octanol–water partition coefficient (Wildman–Crippen LogP) is 4.35. The van der Waals surface area contributed by atoms with Crippen molar-refractivity contribution in [2.45, 2.75) is 61.6 Å². The van der Waals surface area contributed by atoms with Gasteiger partial charge in [0.1, 0.15) is 11.0 Å². The highest BCUT2D eigenvalue weighted by molar-refractivity contribution is 8.16. The number of amidine groups is 1. The Morgan fingerprint density at radius 3 is 2.37 bits per heavy atom. The maximum absolute atomic E-state index is 13.4. The highest BCUT2D eigenvalue weighted by Gasteiger charge is 2.43. The number of rotatable bonds is 7. The Morgan fingerprint density at radius 2 is 1.74 bits per heavy atom. The second kappa shape index (κ2) is 10.8. The number of carbonyl (C=O) groups is 2.